The molecule has 3 N–H and O–H groups in total. The van der Waals surface area contributed by atoms with Crippen LogP contribution in [0.15, 0.2) is 12.1 Å². The van der Waals surface area contributed by atoms with Gasteiger partial charge in [0, 0.05) is 39.3 Å². The van der Waals surface area contributed by atoms with Gasteiger partial charge >= 0.3 is 5.97 Å². The fraction of sp³-hybridized carbons (Fsp3) is 0.538. The highest BCUT2D eigenvalue weighted by Crippen LogP contribution is 2.26. The van der Waals surface area contributed by atoms with E-state index in [0.717, 1.165) is 50.5 Å². The molecule has 1 saturated heterocycles. The summed E-state index contributed by atoms with van der Waals surface area (Å²) >= 11 is 0. The first kappa shape index (κ1) is 12.5. The van der Waals surface area contributed by atoms with Gasteiger partial charge < -0.3 is 15.7 Å². The van der Waals surface area contributed by atoms with E-state index in [4.69, 9.17) is 5.11 Å². The summed E-state index contributed by atoms with van der Waals surface area (Å²) in [6.07, 6.45) is 0. The van der Waals surface area contributed by atoms with Crippen LogP contribution in [0.1, 0.15) is 27.8 Å². The molecule has 0 aliphatic carbocycles. The largest absolute Gasteiger partial charge is 0.477 e. The number of fused-ring (bicyclic) bond motifs is 1. The topological polar surface area (TPSA) is 77.5 Å². The first-order valence-electron chi connectivity index (χ1n) is 6.64. The minimum Gasteiger partial charge on any atom is -0.477 e. The Morgan fingerprint density at radius 2 is 2.11 bits per heavy atom. The molecule has 0 radical (unpaired) electrons. The average molecular weight is 262 g/mol. The van der Waals surface area contributed by atoms with Crippen molar-refractivity contribution in [3.05, 3.63) is 29.1 Å². The molecule has 1 fully saturated rings. The summed E-state index contributed by atoms with van der Waals surface area (Å²) in [7, 11) is 0. The van der Waals surface area contributed by atoms with Crippen molar-refractivity contribution < 1.29 is 9.90 Å². The number of nitrogens with zero attached hydrogens (tertiary/aromatic N) is 2. The normalized spacial score (nSPS) is 23.9. The molecule has 2 aliphatic rings. The highest BCUT2D eigenvalue weighted by atomic mass is 16.4. The number of nitrogens with one attached hydrogen (secondary N) is 2. The second-order valence-electron chi connectivity index (χ2n) is 4.98. The Bertz CT molecular complexity index is 486. The third-order valence-electron chi connectivity index (χ3n) is 3.79. The van der Waals surface area contributed by atoms with E-state index in [0.29, 0.717) is 0 Å². The molecular formula is C13H18N4O2. The lowest BCUT2D eigenvalue weighted by Crippen LogP contribution is -2.49. The quantitative estimate of drug-likeness (QED) is 0.687. The van der Waals surface area contributed by atoms with Gasteiger partial charge in [-0.3, -0.25) is 4.90 Å². The highest BCUT2D eigenvalue weighted by Gasteiger charge is 2.28. The van der Waals surface area contributed by atoms with Gasteiger partial charge in [-0.15, -0.1) is 0 Å². The third-order valence-corrected chi connectivity index (χ3v) is 3.79. The number of carbonyl (C=O) groups is 1. The van der Waals surface area contributed by atoms with Gasteiger partial charge in [-0.2, -0.15) is 0 Å². The molecular weight excluding hydrogens is 244 g/mol. The van der Waals surface area contributed by atoms with Crippen LogP contribution in [-0.4, -0.2) is 53.7 Å². The highest BCUT2D eigenvalue weighted by molar-refractivity contribution is 5.85. The zero-order chi connectivity index (χ0) is 13.2. The summed E-state index contributed by atoms with van der Waals surface area (Å²) in [5.74, 6) is -0.958. The van der Waals surface area contributed by atoms with Crippen molar-refractivity contribution in [1.82, 2.24) is 20.5 Å². The number of aromatic nitrogens is 1. The zero-order valence-corrected chi connectivity index (χ0v) is 10.7. The van der Waals surface area contributed by atoms with Crippen molar-refractivity contribution >= 4 is 5.97 Å². The summed E-state index contributed by atoms with van der Waals surface area (Å²) in [5.41, 5.74) is 2.18. The maximum atomic E-state index is 11.1. The van der Waals surface area contributed by atoms with Crippen LogP contribution in [0, 0.1) is 0 Å². The molecule has 2 aliphatic heterocycles. The molecule has 0 bridgehead atoms. The van der Waals surface area contributed by atoms with Gasteiger partial charge in [0.2, 0.25) is 0 Å². The molecule has 3 heterocycles. The van der Waals surface area contributed by atoms with Crippen LogP contribution in [-0.2, 0) is 6.54 Å². The second kappa shape index (κ2) is 5.24. The molecule has 1 aromatic rings. The molecule has 0 aromatic carbocycles. The fourth-order valence-electron chi connectivity index (χ4n) is 2.80. The monoisotopic (exact) mass is 262 g/mol. The molecule has 1 unspecified atom stereocenters. The number of hydrogen-bond donors (Lipinski definition) is 3. The van der Waals surface area contributed by atoms with Crippen LogP contribution in [0.2, 0.25) is 0 Å². The maximum absolute atomic E-state index is 11.1. The van der Waals surface area contributed by atoms with E-state index in [1.807, 2.05) is 6.07 Å². The fourth-order valence-corrected chi connectivity index (χ4v) is 2.80. The summed E-state index contributed by atoms with van der Waals surface area (Å²) in [6.45, 7) is 5.51. The molecule has 0 saturated carbocycles. The summed E-state index contributed by atoms with van der Waals surface area (Å²) < 4.78 is 0. The van der Waals surface area contributed by atoms with E-state index < -0.39 is 5.97 Å². The van der Waals surface area contributed by atoms with Crippen LogP contribution >= 0.6 is 0 Å². The predicted octanol–water partition coefficient (Wildman–Crippen LogP) is -0.171. The Hall–Kier alpha value is -1.50. The number of pyridine rings is 1. The van der Waals surface area contributed by atoms with Crippen molar-refractivity contribution in [2.45, 2.75) is 12.6 Å². The standard InChI is InChI=1S/C13H18N4O2/c18-13(19)10-2-1-9-7-15-8-11(12(9)16-10)17-5-3-14-4-6-17/h1-2,11,14-15H,3-8H2,(H,18,19). The lowest BCUT2D eigenvalue weighted by molar-refractivity contribution is 0.0689. The van der Waals surface area contributed by atoms with Crippen molar-refractivity contribution in [1.29, 1.82) is 0 Å². The van der Waals surface area contributed by atoms with Gasteiger partial charge in [-0.1, -0.05) is 6.07 Å². The smallest absolute Gasteiger partial charge is 0.354 e. The lowest BCUT2D eigenvalue weighted by Gasteiger charge is -2.37. The van der Waals surface area contributed by atoms with Crippen molar-refractivity contribution in [3.8, 4) is 0 Å². The van der Waals surface area contributed by atoms with Gasteiger partial charge in [-0.25, -0.2) is 9.78 Å². The number of carboxylic acids is 1. The van der Waals surface area contributed by atoms with Gasteiger partial charge in [0.15, 0.2) is 0 Å². The van der Waals surface area contributed by atoms with Crippen molar-refractivity contribution in [3.63, 3.8) is 0 Å². The van der Waals surface area contributed by atoms with E-state index in [1.54, 1.807) is 6.07 Å². The van der Waals surface area contributed by atoms with Gasteiger partial charge in [0.25, 0.3) is 0 Å². The van der Waals surface area contributed by atoms with Gasteiger partial charge in [0.1, 0.15) is 5.69 Å². The zero-order valence-electron chi connectivity index (χ0n) is 10.7. The van der Waals surface area contributed by atoms with Crippen LogP contribution in [0.3, 0.4) is 0 Å². The van der Waals surface area contributed by atoms with Crippen LogP contribution in [0.5, 0.6) is 0 Å². The Morgan fingerprint density at radius 1 is 1.32 bits per heavy atom. The average Bonchev–Trinajstić information content (AvgIpc) is 2.47. The molecule has 1 atom stereocenters. The molecule has 6 heteroatoms. The van der Waals surface area contributed by atoms with Crippen LogP contribution in [0.4, 0.5) is 0 Å². The molecule has 102 valence electrons. The number of hydrogen-bond acceptors (Lipinski definition) is 5. The third kappa shape index (κ3) is 2.47. The van der Waals surface area contributed by atoms with Crippen LogP contribution < -0.4 is 10.6 Å². The molecule has 6 nitrogen and oxygen atoms in total. The maximum Gasteiger partial charge on any atom is 0.354 e. The van der Waals surface area contributed by atoms with E-state index in [2.05, 4.69) is 20.5 Å². The van der Waals surface area contributed by atoms with E-state index >= 15 is 0 Å². The second-order valence-corrected chi connectivity index (χ2v) is 4.98. The van der Waals surface area contributed by atoms with Crippen LogP contribution in [0.25, 0.3) is 0 Å². The number of piperazine rings is 1. The van der Waals surface area contributed by atoms with Crippen molar-refractivity contribution in [2.75, 3.05) is 32.7 Å². The minimum absolute atomic E-state index is 0.140. The van der Waals surface area contributed by atoms with Gasteiger partial charge in [-0.05, 0) is 11.6 Å². The molecule has 0 amide bonds. The van der Waals surface area contributed by atoms with Gasteiger partial charge in [0.05, 0.1) is 11.7 Å². The molecule has 3 rings (SSSR count). The van der Waals surface area contributed by atoms with Crippen molar-refractivity contribution in [2.24, 2.45) is 0 Å². The van der Waals surface area contributed by atoms with E-state index in [1.165, 1.54) is 0 Å². The molecule has 1 aromatic heterocycles. The summed E-state index contributed by atoms with van der Waals surface area (Å²) in [5, 5.41) is 15.8. The molecule has 19 heavy (non-hydrogen) atoms. The first-order chi connectivity index (χ1) is 9.25. The number of rotatable bonds is 2. The Kier molecular flexibility index (Phi) is 3.46. The van der Waals surface area contributed by atoms with E-state index in [-0.39, 0.29) is 11.7 Å². The predicted molar refractivity (Wildman–Crippen MR) is 70.1 cm³/mol. The molecule has 0 spiro atoms. The number of aromatic carboxylic acids is 1. The summed E-state index contributed by atoms with van der Waals surface area (Å²) in [4.78, 5) is 17.8. The Labute approximate surface area is 111 Å². The Balaban J connectivity index is 1.92. The summed E-state index contributed by atoms with van der Waals surface area (Å²) in [6, 6.07) is 3.65. The SMILES string of the molecule is O=C(O)c1ccc2c(n1)C(N1CCNCC1)CNC2. The van der Waals surface area contributed by atoms with E-state index in [9.17, 15) is 4.79 Å². The lowest BCUT2D eigenvalue weighted by atomic mass is 10.00. The number of carboxylic acid groups (broad SMARTS) is 1. The minimum atomic E-state index is -0.958. The Morgan fingerprint density at radius 3 is 2.84 bits per heavy atom. The first-order valence-corrected chi connectivity index (χ1v) is 6.64.